The van der Waals surface area contributed by atoms with E-state index in [2.05, 4.69) is 5.32 Å². The van der Waals surface area contributed by atoms with E-state index in [-0.39, 0.29) is 12.1 Å². The summed E-state index contributed by atoms with van der Waals surface area (Å²) in [6, 6.07) is -0.355. The van der Waals surface area contributed by atoms with Gasteiger partial charge in [0.1, 0.15) is 0 Å². The molecule has 0 aromatic heterocycles. The zero-order valence-electron chi connectivity index (χ0n) is 6.82. The van der Waals surface area contributed by atoms with E-state index in [9.17, 15) is 10.2 Å². The molecule has 0 aromatic carbocycles. The van der Waals surface area contributed by atoms with Crippen LogP contribution in [0, 0.1) is 0 Å². The van der Waals surface area contributed by atoms with Gasteiger partial charge in [0.2, 0.25) is 0 Å². The van der Waals surface area contributed by atoms with Crippen molar-refractivity contribution < 1.29 is 14.9 Å². The molecule has 0 aliphatic carbocycles. The third-order valence-electron chi connectivity index (χ3n) is 2.00. The zero-order valence-corrected chi connectivity index (χ0v) is 6.82. The van der Waals surface area contributed by atoms with Crippen LogP contribution in [-0.4, -0.2) is 41.8 Å². The summed E-state index contributed by atoms with van der Waals surface area (Å²) in [5.41, 5.74) is 0. The quantitative estimate of drug-likeness (QED) is 0.464. The summed E-state index contributed by atoms with van der Waals surface area (Å²) < 4.78 is 5.09. The van der Waals surface area contributed by atoms with Gasteiger partial charge in [-0.05, 0) is 14.0 Å². The molecule has 1 rings (SSSR count). The third kappa shape index (κ3) is 1.90. The van der Waals surface area contributed by atoms with Gasteiger partial charge in [0.05, 0.1) is 18.2 Å². The monoisotopic (exact) mass is 161 g/mol. The van der Waals surface area contributed by atoms with Gasteiger partial charge in [0.25, 0.3) is 0 Å². The number of aliphatic hydroxyl groups is 2. The van der Waals surface area contributed by atoms with Crippen LogP contribution in [0.15, 0.2) is 0 Å². The lowest BCUT2D eigenvalue weighted by atomic mass is 10.0. The normalized spacial score (nSPS) is 45.8. The molecule has 4 unspecified atom stereocenters. The van der Waals surface area contributed by atoms with Crippen LogP contribution in [-0.2, 0) is 4.74 Å². The van der Waals surface area contributed by atoms with Crippen molar-refractivity contribution in [1.29, 1.82) is 0 Å². The maximum Gasteiger partial charge on any atom is 0.172 e. The molecule has 4 heteroatoms. The molecule has 11 heavy (non-hydrogen) atoms. The molecule has 0 bridgehead atoms. The van der Waals surface area contributed by atoms with E-state index in [1.165, 1.54) is 0 Å². The summed E-state index contributed by atoms with van der Waals surface area (Å²) in [6.45, 7) is 1.83. The topological polar surface area (TPSA) is 61.7 Å². The average molecular weight is 161 g/mol. The lowest BCUT2D eigenvalue weighted by Gasteiger charge is -2.35. The van der Waals surface area contributed by atoms with Crippen molar-refractivity contribution in [3.8, 4) is 0 Å². The molecular formula is C7H15NO3. The Labute approximate surface area is 66.2 Å². The fourth-order valence-corrected chi connectivity index (χ4v) is 1.39. The molecule has 4 atom stereocenters. The first kappa shape index (κ1) is 8.93. The maximum absolute atomic E-state index is 9.41. The summed E-state index contributed by atoms with van der Waals surface area (Å²) >= 11 is 0. The molecule has 1 fully saturated rings. The predicted octanol–water partition coefficient (Wildman–Crippen LogP) is -0.938. The molecule has 4 nitrogen and oxygen atoms in total. The van der Waals surface area contributed by atoms with E-state index in [0.29, 0.717) is 6.42 Å². The highest BCUT2D eigenvalue weighted by atomic mass is 16.6. The molecule has 1 aliphatic heterocycles. The molecule has 0 spiro atoms. The first-order valence-electron chi connectivity index (χ1n) is 3.84. The van der Waals surface area contributed by atoms with Crippen LogP contribution in [0.3, 0.4) is 0 Å². The summed E-state index contributed by atoms with van der Waals surface area (Å²) in [7, 11) is 1.69. The van der Waals surface area contributed by atoms with Gasteiger partial charge in [0, 0.05) is 6.42 Å². The predicted molar refractivity (Wildman–Crippen MR) is 40.0 cm³/mol. The Morgan fingerprint density at radius 2 is 2.09 bits per heavy atom. The average Bonchev–Trinajstić information content (AvgIpc) is 1.85. The van der Waals surface area contributed by atoms with Gasteiger partial charge in [0.15, 0.2) is 6.29 Å². The summed E-state index contributed by atoms with van der Waals surface area (Å²) in [5.74, 6) is 0. The van der Waals surface area contributed by atoms with Crippen LogP contribution in [0.5, 0.6) is 0 Å². The summed E-state index contributed by atoms with van der Waals surface area (Å²) in [4.78, 5) is 0. The molecule has 0 radical (unpaired) electrons. The van der Waals surface area contributed by atoms with Crippen LogP contribution in [0.4, 0.5) is 0 Å². The van der Waals surface area contributed by atoms with Gasteiger partial charge in [-0.15, -0.1) is 0 Å². The molecule has 0 saturated carbocycles. The molecule has 1 saturated heterocycles. The number of nitrogens with one attached hydrogen (secondary N) is 1. The van der Waals surface area contributed by atoms with Gasteiger partial charge < -0.3 is 20.3 Å². The van der Waals surface area contributed by atoms with Crippen molar-refractivity contribution in [2.75, 3.05) is 7.05 Å². The SMILES string of the molecule is CNC1C(O)CC(C)OC1O. The zero-order chi connectivity index (χ0) is 8.43. The Hall–Kier alpha value is -0.160. The first-order valence-corrected chi connectivity index (χ1v) is 3.84. The van der Waals surface area contributed by atoms with Crippen LogP contribution in [0.1, 0.15) is 13.3 Å². The number of aliphatic hydroxyl groups excluding tert-OH is 2. The largest absolute Gasteiger partial charge is 0.391 e. The van der Waals surface area contributed by atoms with Crippen molar-refractivity contribution >= 4 is 0 Å². The number of rotatable bonds is 1. The second-order valence-electron chi connectivity index (χ2n) is 2.95. The van der Waals surface area contributed by atoms with Crippen molar-refractivity contribution in [3.05, 3.63) is 0 Å². The molecular weight excluding hydrogens is 146 g/mol. The summed E-state index contributed by atoms with van der Waals surface area (Å²) in [6.07, 6.45) is -0.898. The maximum atomic E-state index is 9.41. The van der Waals surface area contributed by atoms with E-state index < -0.39 is 12.4 Å². The highest BCUT2D eigenvalue weighted by Crippen LogP contribution is 2.17. The minimum absolute atomic E-state index is 0.0652. The lowest BCUT2D eigenvalue weighted by Crippen LogP contribution is -2.53. The smallest absolute Gasteiger partial charge is 0.172 e. The van der Waals surface area contributed by atoms with E-state index >= 15 is 0 Å². The van der Waals surface area contributed by atoms with E-state index in [1.54, 1.807) is 7.05 Å². The lowest BCUT2D eigenvalue weighted by molar-refractivity contribution is -0.201. The van der Waals surface area contributed by atoms with E-state index in [4.69, 9.17) is 4.74 Å². The molecule has 3 N–H and O–H groups in total. The minimum atomic E-state index is -0.890. The van der Waals surface area contributed by atoms with Gasteiger partial charge in [-0.25, -0.2) is 0 Å². The molecule has 1 heterocycles. The van der Waals surface area contributed by atoms with Crippen LogP contribution >= 0.6 is 0 Å². The number of likely N-dealkylation sites (N-methyl/N-ethyl adjacent to an activating group) is 1. The highest BCUT2D eigenvalue weighted by molar-refractivity contribution is 4.83. The fraction of sp³-hybridized carbons (Fsp3) is 1.00. The van der Waals surface area contributed by atoms with E-state index in [1.807, 2.05) is 6.92 Å². The Balaban J connectivity index is 2.52. The van der Waals surface area contributed by atoms with Crippen LogP contribution in [0.25, 0.3) is 0 Å². The van der Waals surface area contributed by atoms with Gasteiger partial charge in [-0.3, -0.25) is 0 Å². The van der Waals surface area contributed by atoms with Crippen molar-refractivity contribution in [2.45, 2.75) is 37.9 Å². The Morgan fingerprint density at radius 1 is 1.45 bits per heavy atom. The van der Waals surface area contributed by atoms with Gasteiger partial charge in [-0.1, -0.05) is 0 Å². The molecule has 0 amide bonds. The third-order valence-corrected chi connectivity index (χ3v) is 2.00. The molecule has 1 aliphatic rings. The molecule has 0 aromatic rings. The van der Waals surface area contributed by atoms with Crippen LogP contribution < -0.4 is 5.32 Å². The number of ether oxygens (including phenoxy) is 1. The Kier molecular flexibility index (Phi) is 2.84. The summed E-state index contributed by atoms with van der Waals surface area (Å²) in [5, 5.41) is 21.5. The second kappa shape index (κ2) is 3.49. The van der Waals surface area contributed by atoms with Crippen molar-refractivity contribution in [1.82, 2.24) is 5.32 Å². The Bertz CT molecular complexity index is 119. The first-order chi connectivity index (χ1) is 5.15. The highest BCUT2D eigenvalue weighted by Gasteiger charge is 2.33. The number of hydrogen-bond acceptors (Lipinski definition) is 4. The number of hydrogen-bond donors (Lipinski definition) is 3. The van der Waals surface area contributed by atoms with Crippen molar-refractivity contribution in [3.63, 3.8) is 0 Å². The van der Waals surface area contributed by atoms with Crippen molar-refractivity contribution in [2.24, 2.45) is 0 Å². The van der Waals surface area contributed by atoms with Gasteiger partial charge >= 0.3 is 0 Å². The van der Waals surface area contributed by atoms with Crippen LogP contribution in [0.2, 0.25) is 0 Å². The fourth-order valence-electron chi connectivity index (χ4n) is 1.39. The standard InChI is InChI=1S/C7H15NO3/c1-4-3-5(9)6(8-2)7(10)11-4/h4-10H,3H2,1-2H3. The minimum Gasteiger partial charge on any atom is -0.391 e. The van der Waals surface area contributed by atoms with Gasteiger partial charge in [-0.2, -0.15) is 0 Å². The molecule has 66 valence electrons. The second-order valence-corrected chi connectivity index (χ2v) is 2.95. The van der Waals surface area contributed by atoms with E-state index in [0.717, 1.165) is 0 Å². The Morgan fingerprint density at radius 3 is 2.55 bits per heavy atom.